The first-order chi connectivity index (χ1) is 5.72. The fraction of sp³-hybridized carbons (Fsp3) is 0.556. The van der Waals surface area contributed by atoms with E-state index in [1.54, 1.807) is 0 Å². The Hall–Kier alpha value is -0.960. The first kappa shape index (κ1) is 11.0. The van der Waals surface area contributed by atoms with Gasteiger partial charge in [-0.15, -0.1) is 0 Å². The summed E-state index contributed by atoms with van der Waals surface area (Å²) in [6.07, 6.45) is 3.85. The van der Waals surface area contributed by atoms with Crippen molar-refractivity contribution < 1.29 is 14.7 Å². The van der Waals surface area contributed by atoms with Gasteiger partial charge in [0.1, 0.15) is 12.4 Å². The largest absolute Gasteiger partial charge is 0.381 e. The van der Waals surface area contributed by atoms with E-state index in [0.29, 0.717) is 12.7 Å². The zero-order valence-corrected chi connectivity index (χ0v) is 7.19. The monoisotopic (exact) mass is 170 g/mol. The van der Waals surface area contributed by atoms with Crippen LogP contribution in [0.3, 0.4) is 0 Å². The van der Waals surface area contributed by atoms with E-state index in [9.17, 15) is 9.59 Å². The highest BCUT2D eigenvalue weighted by Gasteiger charge is 2.09. The third-order valence-corrected chi connectivity index (χ3v) is 1.48. The van der Waals surface area contributed by atoms with Crippen LogP contribution in [0.4, 0.5) is 0 Å². The lowest BCUT2D eigenvalue weighted by atomic mass is 10.1. The number of aliphatic hydroxyl groups excluding tert-OH is 1. The predicted molar refractivity (Wildman–Crippen MR) is 45.7 cm³/mol. The summed E-state index contributed by atoms with van der Waals surface area (Å²) >= 11 is 0. The molecule has 0 fully saturated rings. The summed E-state index contributed by atoms with van der Waals surface area (Å²) in [6, 6.07) is 0. The van der Waals surface area contributed by atoms with Gasteiger partial charge in [0.2, 0.25) is 0 Å². The lowest BCUT2D eigenvalue weighted by Gasteiger charge is -2.02. The zero-order valence-electron chi connectivity index (χ0n) is 7.19. The molecular weight excluding hydrogens is 156 g/mol. The molecular formula is C9H14O3. The predicted octanol–water partition coefficient (Wildman–Crippen LogP) is 0.862. The third-order valence-electron chi connectivity index (χ3n) is 1.48. The number of unbranched alkanes of at least 4 members (excludes halogenated alkanes) is 1. The Morgan fingerprint density at radius 2 is 2.25 bits per heavy atom. The van der Waals surface area contributed by atoms with Gasteiger partial charge in [-0.1, -0.05) is 13.3 Å². The minimum absolute atomic E-state index is 0.227. The lowest BCUT2D eigenvalue weighted by Crippen LogP contribution is -2.17. The summed E-state index contributed by atoms with van der Waals surface area (Å²) in [7, 11) is 0. The molecule has 0 amide bonds. The van der Waals surface area contributed by atoms with Crippen LogP contribution < -0.4 is 0 Å². The van der Waals surface area contributed by atoms with E-state index < -0.39 is 6.10 Å². The number of hydrogen-bond acceptors (Lipinski definition) is 3. The van der Waals surface area contributed by atoms with Crippen LogP contribution in [0.2, 0.25) is 0 Å². The molecule has 0 aliphatic rings. The number of carbonyl (C=O) groups excluding carboxylic acids is 2. The number of allylic oxidation sites excluding steroid dienone is 1. The summed E-state index contributed by atoms with van der Waals surface area (Å²) in [6.45, 7) is 1.97. The molecule has 0 aromatic carbocycles. The standard InChI is InChI=1S/C9H14O3/c1-2-3-5-8(11)9(12)6-4-7-10/h4,6-7,9,12H,2-3,5H2,1H3. The topological polar surface area (TPSA) is 54.4 Å². The minimum atomic E-state index is -1.11. The summed E-state index contributed by atoms with van der Waals surface area (Å²) in [5.74, 6) is -0.227. The first-order valence-electron chi connectivity index (χ1n) is 4.05. The zero-order chi connectivity index (χ0) is 9.40. The number of ketones is 1. The van der Waals surface area contributed by atoms with Gasteiger partial charge in [-0.3, -0.25) is 9.59 Å². The number of aliphatic hydroxyl groups is 1. The Kier molecular flexibility index (Phi) is 6.19. The van der Waals surface area contributed by atoms with Gasteiger partial charge in [-0.05, 0) is 18.6 Å². The van der Waals surface area contributed by atoms with Crippen LogP contribution in [0.5, 0.6) is 0 Å². The average Bonchev–Trinajstić information content (AvgIpc) is 2.10. The van der Waals surface area contributed by atoms with Crippen molar-refractivity contribution in [1.82, 2.24) is 0 Å². The summed E-state index contributed by atoms with van der Waals surface area (Å²) < 4.78 is 0. The Morgan fingerprint density at radius 3 is 2.75 bits per heavy atom. The maximum atomic E-state index is 11.0. The molecule has 0 rings (SSSR count). The third kappa shape index (κ3) is 4.79. The molecule has 0 spiro atoms. The van der Waals surface area contributed by atoms with Gasteiger partial charge in [0.15, 0.2) is 5.78 Å². The van der Waals surface area contributed by atoms with Crippen molar-refractivity contribution in [1.29, 1.82) is 0 Å². The van der Waals surface area contributed by atoms with Crippen LogP contribution in [0.1, 0.15) is 26.2 Å². The van der Waals surface area contributed by atoms with Crippen LogP contribution in [-0.2, 0) is 9.59 Å². The summed E-state index contributed by atoms with van der Waals surface area (Å²) in [5.41, 5.74) is 0. The van der Waals surface area contributed by atoms with Crippen LogP contribution in [-0.4, -0.2) is 23.3 Å². The van der Waals surface area contributed by atoms with Crippen molar-refractivity contribution in [3.05, 3.63) is 12.2 Å². The van der Waals surface area contributed by atoms with E-state index in [0.717, 1.165) is 18.9 Å². The van der Waals surface area contributed by atoms with E-state index in [1.165, 1.54) is 6.08 Å². The van der Waals surface area contributed by atoms with Crippen LogP contribution in [0.15, 0.2) is 12.2 Å². The van der Waals surface area contributed by atoms with E-state index in [4.69, 9.17) is 5.11 Å². The molecule has 3 heteroatoms. The Labute approximate surface area is 72.1 Å². The molecule has 0 radical (unpaired) electrons. The van der Waals surface area contributed by atoms with E-state index in [-0.39, 0.29) is 5.78 Å². The highest BCUT2D eigenvalue weighted by molar-refractivity contribution is 5.85. The smallest absolute Gasteiger partial charge is 0.165 e. The molecule has 0 aliphatic heterocycles. The molecule has 0 bridgehead atoms. The van der Waals surface area contributed by atoms with Crippen molar-refractivity contribution in [2.75, 3.05) is 0 Å². The van der Waals surface area contributed by atoms with Crippen molar-refractivity contribution in [3.8, 4) is 0 Å². The molecule has 68 valence electrons. The van der Waals surface area contributed by atoms with Gasteiger partial charge in [-0.2, -0.15) is 0 Å². The summed E-state index contributed by atoms with van der Waals surface area (Å²) in [5, 5.41) is 9.08. The minimum Gasteiger partial charge on any atom is -0.381 e. The Balaban J connectivity index is 3.76. The fourth-order valence-electron chi connectivity index (χ4n) is 0.757. The highest BCUT2D eigenvalue weighted by atomic mass is 16.3. The Morgan fingerprint density at radius 1 is 1.58 bits per heavy atom. The molecule has 0 aromatic rings. The van der Waals surface area contributed by atoms with Crippen molar-refractivity contribution >= 4 is 12.1 Å². The summed E-state index contributed by atoms with van der Waals surface area (Å²) in [4.78, 5) is 20.8. The second-order valence-electron chi connectivity index (χ2n) is 2.54. The molecule has 1 atom stereocenters. The number of Topliss-reactive ketones (excluding diaryl/α,β-unsaturated/α-hetero) is 1. The molecule has 0 saturated carbocycles. The van der Waals surface area contributed by atoms with E-state index >= 15 is 0 Å². The molecule has 1 N–H and O–H groups in total. The molecule has 12 heavy (non-hydrogen) atoms. The second-order valence-corrected chi connectivity index (χ2v) is 2.54. The molecule has 1 unspecified atom stereocenters. The Bertz CT molecular complexity index is 173. The normalized spacial score (nSPS) is 13.2. The first-order valence-corrected chi connectivity index (χ1v) is 4.05. The second kappa shape index (κ2) is 6.73. The molecule has 0 aromatic heterocycles. The highest BCUT2D eigenvalue weighted by Crippen LogP contribution is 1.99. The lowest BCUT2D eigenvalue weighted by molar-refractivity contribution is -0.125. The molecule has 3 nitrogen and oxygen atoms in total. The quantitative estimate of drug-likeness (QED) is 0.475. The van der Waals surface area contributed by atoms with Gasteiger partial charge >= 0.3 is 0 Å². The average molecular weight is 170 g/mol. The van der Waals surface area contributed by atoms with Gasteiger partial charge < -0.3 is 5.11 Å². The van der Waals surface area contributed by atoms with E-state index in [2.05, 4.69) is 0 Å². The number of carbonyl (C=O) groups is 2. The number of rotatable bonds is 6. The van der Waals surface area contributed by atoms with Crippen molar-refractivity contribution in [3.63, 3.8) is 0 Å². The van der Waals surface area contributed by atoms with Crippen LogP contribution in [0, 0.1) is 0 Å². The van der Waals surface area contributed by atoms with E-state index in [1.807, 2.05) is 6.92 Å². The maximum absolute atomic E-state index is 11.0. The fourth-order valence-corrected chi connectivity index (χ4v) is 0.757. The molecule has 0 aliphatic carbocycles. The SMILES string of the molecule is CCCCC(=O)C(O)C=CC=O. The van der Waals surface area contributed by atoms with Crippen LogP contribution >= 0.6 is 0 Å². The number of aldehydes is 1. The van der Waals surface area contributed by atoms with Crippen molar-refractivity contribution in [2.45, 2.75) is 32.3 Å². The van der Waals surface area contributed by atoms with Gasteiger partial charge in [0, 0.05) is 6.42 Å². The van der Waals surface area contributed by atoms with Gasteiger partial charge in [0.05, 0.1) is 0 Å². The molecule has 0 heterocycles. The van der Waals surface area contributed by atoms with Crippen molar-refractivity contribution in [2.24, 2.45) is 0 Å². The number of hydrogen-bond donors (Lipinski definition) is 1. The van der Waals surface area contributed by atoms with Crippen LogP contribution in [0.25, 0.3) is 0 Å². The van der Waals surface area contributed by atoms with Gasteiger partial charge in [0.25, 0.3) is 0 Å². The maximum Gasteiger partial charge on any atom is 0.165 e. The van der Waals surface area contributed by atoms with Gasteiger partial charge in [-0.25, -0.2) is 0 Å². The molecule has 0 saturated heterocycles.